The molecule has 0 bridgehead atoms. The van der Waals surface area contributed by atoms with Crippen LogP contribution >= 0.6 is 23.2 Å². The number of carbonyl (C=O) groups excluding carboxylic acids is 1. The molecule has 0 aliphatic carbocycles. The quantitative estimate of drug-likeness (QED) is 0.683. The molecule has 2 N–H and O–H groups in total. The number of aromatic nitrogens is 2. The van der Waals surface area contributed by atoms with Crippen molar-refractivity contribution in [1.29, 1.82) is 0 Å². The summed E-state index contributed by atoms with van der Waals surface area (Å²) in [5, 5.41) is 14.7. The number of anilines is 2. The second kappa shape index (κ2) is 7.96. The van der Waals surface area contributed by atoms with Crippen molar-refractivity contribution < 1.29 is 4.79 Å². The molecule has 0 aliphatic rings. The molecule has 126 valence electrons. The lowest BCUT2D eigenvalue weighted by atomic mass is 10.2. The summed E-state index contributed by atoms with van der Waals surface area (Å²) in [6.45, 7) is 0.627. The van der Waals surface area contributed by atoms with Crippen LogP contribution in [0.2, 0.25) is 10.0 Å². The van der Waals surface area contributed by atoms with Gasteiger partial charge in [0.25, 0.3) is 5.91 Å². The largest absolute Gasteiger partial charge is 0.365 e. The molecule has 7 heteroatoms. The molecule has 25 heavy (non-hydrogen) atoms. The maximum Gasteiger partial charge on any atom is 0.276 e. The van der Waals surface area contributed by atoms with E-state index >= 15 is 0 Å². The molecule has 0 aliphatic heterocycles. The van der Waals surface area contributed by atoms with Gasteiger partial charge < -0.3 is 10.6 Å². The van der Waals surface area contributed by atoms with Gasteiger partial charge in [-0.2, -0.15) is 0 Å². The van der Waals surface area contributed by atoms with Crippen molar-refractivity contribution in [2.75, 3.05) is 10.6 Å². The highest BCUT2D eigenvalue weighted by Crippen LogP contribution is 2.22. The minimum Gasteiger partial charge on any atom is -0.365 e. The Balaban J connectivity index is 1.62. The zero-order valence-electron chi connectivity index (χ0n) is 13.0. The third-order valence-electron chi connectivity index (χ3n) is 3.33. The zero-order valence-corrected chi connectivity index (χ0v) is 14.6. The Hall–Kier alpha value is -2.63. The number of amides is 1. The van der Waals surface area contributed by atoms with Gasteiger partial charge in [0, 0.05) is 22.3 Å². The van der Waals surface area contributed by atoms with Gasteiger partial charge in [0.2, 0.25) is 0 Å². The highest BCUT2D eigenvalue weighted by molar-refractivity contribution is 6.35. The Morgan fingerprint density at radius 3 is 2.28 bits per heavy atom. The van der Waals surface area contributed by atoms with E-state index in [4.69, 9.17) is 23.2 Å². The van der Waals surface area contributed by atoms with Crippen LogP contribution in [0.4, 0.5) is 11.5 Å². The van der Waals surface area contributed by atoms with E-state index in [0.29, 0.717) is 28.1 Å². The predicted molar refractivity (Wildman–Crippen MR) is 100 cm³/mol. The van der Waals surface area contributed by atoms with Crippen LogP contribution < -0.4 is 10.6 Å². The molecular formula is C18H14Cl2N4O. The lowest BCUT2D eigenvalue weighted by Gasteiger charge is -2.07. The van der Waals surface area contributed by atoms with Crippen LogP contribution in [0.1, 0.15) is 16.1 Å². The summed E-state index contributed by atoms with van der Waals surface area (Å²) >= 11 is 11.8. The second-order valence-electron chi connectivity index (χ2n) is 5.26. The van der Waals surface area contributed by atoms with Crippen LogP contribution in [0, 0.1) is 0 Å². The molecule has 1 aromatic heterocycles. The van der Waals surface area contributed by atoms with Gasteiger partial charge in [-0.25, -0.2) is 0 Å². The molecule has 1 heterocycles. The predicted octanol–water partition coefficient (Wildman–Crippen LogP) is 4.65. The number of hydrogen-bond donors (Lipinski definition) is 2. The van der Waals surface area contributed by atoms with Crippen LogP contribution in [0.5, 0.6) is 0 Å². The zero-order chi connectivity index (χ0) is 17.6. The summed E-state index contributed by atoms with van der Waals surface area (Å²) in [5.41, 5.74) is 1.82. The number of rotatable bonds is 5. The molecule has 0 saturated carbocycles. The summed E-state index contributed by atoms with van der Waals surface area (Å²) in [6, 6.07) is 18.0. The topological polar surface area (TPSA) is 66.9 Å². The Morgan fingerprint density at radius 1 is 0.920 bits per heavy atom. The van der Waals surface area contributed by atoms with Crippen LogP contribution in [0.15, 0.2) is 60.7 Å². The van der Waals surface area contributed by atoms with E-state index in [1.807, 2.05) is 30.3 Å². The molecule has 3 aromatic rings. The van der Waals surface area contributed by atoms with Gasteiger partial charge in [0.15, 0.2) is 5.69 Å². The van der Waals surface area contributed by atoms with Gasteiger partial charge >= 0.3 is 0 Å². The standard InChI is InChI=1S/C18H14Cl2N4O/c19-13-8-14(20)10-15(9-13)22-18(25)16-6-7-17(24-23-16)21-11-12-4-2-1-3-5-12/h1-10H,11H2,(H,21,24)(H,22,25). The summed E-state index contributed by atoms with van der Waals surface area (Å²) in [6.07, 6.45) is 0. The third-order valence-corrected chi connectivity index (χ3v) is 3.77. The van der Waals surface area contributed by atoms with Crippen molar-refractivity contribution in [2.24, 2.45) is 0 Å². The van der Waals surface area contributed by atoms with E-state index in [9.17, 15) is 4.79 Å². The van der Waals surface area contributed by atoms with E-state index < -0.39 is 0 Å². The SMILES string of the molecule is O=C(Nc1cc(Cl)cc(Cl)c1)c1ccc(NCc2ccccc2)nn1. The second-order valence-corrected chi connectivity index (χ2v) is 6.13. The van der Waals surface area contributed by atoms with Gasteiger partial charge in [-0.05, 0) is 35.9 Å². The molecule has 0 atom stereocenters. The highest BCUT2D eigenvalue weighted by atomic mass is 35.5. The molecule has 0 unspecified atom stereocenters. The average Bonchev–Trinajstić information content (AvgIpc) is 2.60. The average molecular weight is 373 g/mol. The van der Waals surface area contributed by atoms with E-state index in [0.717, 1.165) is 5.56 Å². The molecule has 0 fully saturated rings. The van der Waals surface area contributed by atoms with Crippen molar-refractivity contribution in [3.05, 3.63) is 82.0 Å². The molecule has 0 spiro atoms. The normalized spacial score (nSPS) is 10.3. The summed E-state index contributed by atoms with van der Waals surface area (Å²) in [4.78, 5) is 12.2. The van der Waals surface area contributed by atoms with Gasteiger partial charge in [-0.15, -0.1) is 10.2 Å². The van der Waals surface area contributed by atoms with Crippen molar-refractivity contribution >= 4 is 40.6 Å². The maximum atomic E-state index is 12.2. The van der Waals surface area contributed by atoms with Crippen LogP contribution in [-0.2, 0) is 6.54 Å². The van der Waals surface area contributed by atoms with Crippen molar-refractivity contribution in [3.63, 3.8) is 0 Å². The lowest BCUT2D eigenvalue weighted by Crippen LogP contribution is -2.15. The maximum absolute atomic E-state index is 12.2. The van der Waals surface area contributed by atoms with Crippen molar-refractivity contribution in [2.45, 2.75) is 6.54 Å². The van der Waals surface area contributed by atoms with Crippen molar-refractivity contribution in [3.8, 4) is 0 Å². The van der Waals surface area contributed by atoms with E-state index in [-0.39, 0.29) is 11.6 Å². The molecule has 0 saturated heterocycles. The van der Waals surface area contributed by atoms with Gasteiger partial charge in [-0.1, -0.05) is 53.5 Å². The van der Waals surface area contributed by atoms with E-state index in [1.54, 1.807) is 30.3 Å². The van der Waals surface area contributed by atoms with Gasteiger partial charge in [0.1, 0.15) is 5.82 Å². The Labute approximate surface area is 155 Å². The van der Waals surface area contributed by atoms with Crippen LogP contribution in [0.25, 0.3) is 0 Å². The minimum absolute atomic E-state index is 0.196. The Kier molecular flexibility index (Phi) is 5.48. The molecule has 5 nitrogen and oxygen atoms in total. The fraction of sp³-hybridized carbons (Fsp3) is 0.0556. The molecule has 1 amide bonds. The first-order valence-electron chi connectivity index (χ1n) is 7.49. The highest BCUT2D eigenvalue weighted by Gasteiger charge is 2.09. The molecule has 2 aromatic carbocycles. The summed E-state index contributed by atoms with van der Waals surface area (Å²) < 4.78 is 0. The number of benzene rings is 2. The summed E-state index contributed by atoms with van der Waals surface area (Å²) in [5.74, 6) is 0.201. The van der Waals surface area contributed by atoms with Crippen LogP contribution in [-0.4, -0.2) is 16.1 Å². The number of halogens is 2. The minimum atomic E-state index is -0.388. The van der Waals surface area contributed by atoms with Gasteiger partial charge in [-0.3, -0.25) is 4.79 Å². The first kappa shape index (κ1) is 17.2. The lowest BCUT2D eigenvalue weighted by molar-refractivity contribution is 0.102. The van der Waals surface area contributed by atoms with E-state index in [1.165, 1.54) is 0 Å². The monoisotopic (exact) mass is 372 g/mol. The van der Waals surface area contributed by atoms with Crippen molar-refractivity contribution in [1.82, 2.24) is 10.2 Å². The fourth-order valence-corrected chi connectivity index (χ4v) is 2.68. The van der Waals surface area contributed by atoms with E-state index in [2.05, 4.69) is 20.8 Å². The molecule has 0 radical (unpaired) electrons. The first-order valence-corrected chi connectivity index (χ1v) is 8.25. The number of nitrogens with zero attached hydrogens (tertiary/aromatic N) is 2. The Bertz CT molecular complexity index is 850. The third kappa shape index (κ3) is 4.92. The number of nitrogens with one attached hydrogen (secondary N) is 2. The van der Waals surface area contributed by atoms with Gasteiger partial charge in [0.05, 0.1) is 0 Å². The fourth-order valence-electron chi connectivity index (χ4n) is 2.16. The molecular weight excluding hydrogens is 359 g/mol. The first-order chi connectivity index (χ1) is 12.1. The Morgan fingerprint density at radius 2 is 1.64 bits per heavy atom. The van der Waals surface area contributed by atoms with Crippen LogP contribution in [0.3, 0.4) is 0 Å². The smallest absolute Gasteiger partial charge is 0.276 e. The molecule has 3 rings (SSSR count). The summed E-state index contributed by atoms with van der Waals surface area (Å²) in [7, 11) is 0. The number of hydrogen-bond acceptors (Lipinski definition) is 4. The number of carbonyl (C=O) groups is 1.